The number of hydrogen-bond acceptors (Lipinski definition) is 3. The smallest absolute Gasteiger partial charge is 0.311 e. The third kappa shape index (κ3) is 20.6. The maximum atomic E-state index is 10.7. The van der Waals surface area contributed by atoms with Crippen molar-refractivity contribution in [1.82, 2.24) is 0 Å². The predicted molar refractivity (Wildman–Crippen MR) is 94.3 cm³/mol. The van der Waals surface area contributed by atoms with Gasteiger partial charge in [-0.3, -0.25) is 9.59 Å². The van der Waals surface area contributed by atoms with Gasteiger partial charge < -0.3 is 15.6 Å². The van der Waals surface area contributed by atoms with Gasteiger partial charge in [0, 0.05) is 12.6 Å². The number of hydrogen-bond donors (Lipinski definition) is 3. The number of nitrogens with one attached hydrogen (secondary N) is 1. The molecule has 0 saturated carbocycles. The van der Waals surface area contributed by atoms with Crippen LogP contribution in [-0.4, -0.2) is 28.4 Å². The molecule has 0 radical (unpaired) electrons. The van der Waals surface area contributed by atoms with E-state index in [1.54, 1.807) is 6.92 Å². The molecular weight excluding hydrogens is 294 g/mol. The Bertz CT molecular complexity index is 305. The largest absolute Gasteiger partial charge is 0.481 e. The molecule has 23 heavy (non-hydrogen) atoms. The molecule has 1 atom stereocenters. The molecule has 0 aromatic rings. The van der Waals surface area contributed by atoms with Crippen molar-refractivity contribution < 1.29 is 19.8 Å². The molecule has 136 valence electrons. The maximum absolute atomic E-state index is 10.7. The highest BCUT2D eigenvalue weighted by molar-refractivity contribution is 5.87. The van der Waals surface area contributed by atoms with Crippen molar-refractivity contribution in [3.8, 4) is 0 Å². The second-order valence-corrected chi connectivity index (χ2v) is 5.83. The molecule has 0 rings (SSSR count). The quantitative estimate of drug-likeness (QED) is 0.304. The molecule has 0 saturated heterocycles. The number of carbonyl (C=O) groups is 2. The number of unbranched alkanes of at least 4 members (excludes halogenated alkanes) is 9. The molecule has 0 heterocycles. The molecule has 0 bridgehead atoms. The Morgan fingerprint density at radius 3 is 1.57 bits per heavy atom. The van der Waals surface area contributed by atoms with Crippen LogP contribution < -0.4 is 0 Å². The van der Waals surface area contributed by atoms with Crippen molar-refractivity contribution in [2.75, 3.05) is 0 Å². The zero-order valence-electron chi connectivity index (χ0n) is 14.9. The first-order valence-corrected chi connectivity index (χ1v) is 8.94. The minimum absolute atomic E-state index is 0.222. The molecule has 3 N–H and O–H groups in total. The van der Waals surface area contributed by atoms with Crippen LogP contribution in [0, 0.1) is 11.3 Å². The Hall–Kier alpha value is -1.39. The first-order chi connectivity index (χ1) is 11.0. The average Bonchev–Trinajstić information content (AvgIpc) is 2.53. The van der Waals surface area contributed by atoms with E-state index in [4.69, 9.17) is 15.6 Å². The van der Waals surface area contributed by atoms with Gasteiger partial charge in [0.05, 0.1) is 5.92 Å². The molecule has 0 aliphatic carbocycles. The summed E-state index contributed by atoms with van der Waals surface area (Å²) in [6.45, 7) is 3.83. The van der Waals surface area contributed by atoms with Gasteiger partial charge in [0.25, 0.3) is 0 Å². The summed E-state index contributed by atoms with van der Waals surface area (Å²) in [6, 6.07) is 0. The van der Waals surface area contributed by atoms with Crippen molar-refractivity contribution in [1.29, 1.82) is 5.41 Å². The van der Waals surface area contributed by atoms with E-state index in [1.165, 1.54) is 51.4 Å². The first-order valence-electron chi connectivity index (χ1n) is 8.94. The Morgan fingerprint density at radius 1 is 0.870 bits per heavy atom. The van der Waals surface area contributed by atoms with E-state index >= 15 is 0 Å². The lowest BCUT2D eigenvalue weighted by Gasteiger charge is -2.05. The molecule has 0 amide bonds. The summed E-state index contributed by atoms with van der Waals surface area (Å²) in [5, 5.41) is 23.5. The number of rotatable bonds is 14. The molecule has 0 fully saturated rings. The Morgan fingerprint density at radius 2 is 1.26 bits per heavy atom. The summed E-state index contributed by atoms with van der Waals surface area (Å²) in [5.74, 6) is -2.18. The lowest BCUT2D eigenvalue weighted by atomic mass is 10.0. The van der Waals surface area contributed by atoms with Crippen LogP contribution in [0.5, 0.6) is 0 Å². The van der Waals surface area contributed by atoms with Gasteiger partial charge in [0.2, 0.25) is 0 Å². The molecule has 0 aliphatic heterocycles. The highest BCUT2D eigenvalue weighted by Gasteiger charge is 2.12. The Labute approximate surface area is 141 Å². The van der Waals surface area contributed by atoms with Crippen LogP contribution in [-0.2, 0) is 9.59 Å². The second-order valence-electron chi connectivity index (χ2n) is 5.83. The van der Waals surface area contributed by atoms with E-state index < -0.39 is 17.9 Å². The number of aliphatic carboxylic acids is 2. The summed E-state index contributed by atoms with van der Waals surface area (Å²) >= 11 is 0. The van der Waals surface area contributed by atoms with E-state index in [2.05, 4.69) is 6.92 Å². The highest BCUT2D eigenvalue weighted by Crippen LogP contribution is 2.13. The summed E-state index contributed by atoms with van der Waals surface area (Å²) < 4.78 is 0. The van der Waals surface area contributed by atoms with Crippen molar-refractivity contribution in [2.24, 2.45) is 5.92 Å². The van der Waals surface area contributed by atoms with Gasteiger partial charge in [0.15, 0.2) is 0 Å². The maximum Gasteiger partial charge on any atom is 0.311 e. The number of carboxylic acid groups (broad SMARTS) is 2. The van der Waals surface area contributed by atoms with E-state index in [-0.39, 0.29) is 6.42 Å². The lowest BCUT2D eigenvalue weighted by molar-refractivity contribution is -0.139. The molecular formula is C18H35NO4. The van der Waals surface area contributed by atoms with Gasteiger partial charge in [-0.1, -0.05) is 78.1 Å². The SMILES string of the molecule is CCC(=O)O.CCCCCCCCCCCCC(C=N)C(=O)O. The van der Waals surface area contributed by atoms with Crippen LogP contribution in [0.4, 0.5) is 0 Å². The fourth-order valence-electron chi connectivity index (χ4n) is 2.13. The monoisotopic (exact) mass is 329 g/mol. The van der Waals surface area contributed by atoms with Gasteiger partial charge in [-0.25, -0.2) is 0 Å². The topological polar surface area (TPSA) is 98.5 Å². The molecule has 1 unspecified atom stereocenters. The summed E-state index contributed by atoms with van der Waals surface area (Å²) in [6.07, 6.45) is 14.5. The van der Waals surface area contributed by atoms with Gasteiger partial charge in [-0.05, 0) is 6.42 Å². The fourth-order valence-corrected chi connectivity index (χ4v) is 2.13. The Balaban J connectivity index is 0. The summed E-state index contributed by atoms with van der Waals surface area (Å²) in [4.78, 5) is 20.0. The second kappa shape index (κ2) is 18.7. The van der Waals surface area contributed by atoms with Crippen molar-refractivity contribution >= 4 is 18.2 Å². The van der Waals surface area contributed by atoms with Gasteiger partial charge in [-0.2, -0.15) is 0 Å². The normalized spacial score (nSPS) is 11.2. The van der Waals surface area contributed by atoms with Crippen LogP contribution in [0.3, 0.4) is 0 Å². The van der Waals surface area contributed by atoms with Gasteiger partial charge >= 0.3 is 11.9 Å². The molecule has 0 aromatic carbocycles. The zero-order valence-corrected chi connectivity index (χ0v) is 14.9. The lowest BCUT2D eigenvalue weighted by Crippen LogP contribution is -2.14. The highest BCUT2D eigenvalue weighted by atomic mass is 16.4. The molecule has 5 nitrogen and oxygen atoms in total. The summed E-state index contributed by atoms with van der Waals surface area (Å²) in [5.41, 5.74) is 0. The average molecular weight is 329 g/mol. The third-order valence-electron chi connectivity index (χ3n) is 3.69. The summed E-state index contributed by atoms with van der Waals surface area (Å²) in [7, 11) is 0. The van der Waals surface area contributed by atoms with Gasteiger partial charge in [-0.15, -0.1) is 0 Å². The predicted octanol–water partition coefficient (Wildman–Crippen LogP) is 5.13. The molecule has 0 spiro atoms. The van der Waals surface area contributed by atoms with E-state index in [0.717, 1.165) is 19.1 Å². The first kappa shape index (κ1) is 23.9. The van der Waals surface area contributed by atoms with Crippen molar-refractivity contribution in [3.63, 3.8) is 0 Å². The standard InChI is InChI=1S/C15H29NO2.C3H6O2/c1-2-3-4-5-6-7-8-9-10-11-12-14(13-16)15(17)18;1-2-3(4)5/h13-14,16H,2-12H2,1H3,(H,17,18);2H2,1H3,(H,4,5). The van der Waals surface area contributed by atoms with Crippen LogP contribution in [0.15, 0.2) is 0 Å². The van der Waals surface area contributed by atoms with Crippen LogP contribution >= 0.6 is 0 Å². The zero-order chi connectivity index (χ0) is 17.9. The van der Waals surface area contributed by atoms with Crippen LogP contribution in [0.25, 0.3) is 0 Å². The van der Waals surface area contributed by atoms with Gasteiger partial charge in [0.1, 0.15) is 0 Å². The minimum Gasteiger partial charge on any atom is -0.481 e. The number of carboxylic acids is 2. The molecule has 5 heteroatoms. The minimum atomic E-state index is -0.860. The van der Waals surface area contributed by atoms with E-state index in [1.807, 2.05) is 0 Å². The van der Waals surface area contributed by atoms with E-state index in [0.29, 0.717) is 6.42 Å². The van der Waals surface area contributed by atoms with Crippen molar-refractivity contribution in [2.45, 2.75) is 90.9 Å². The molecule has 0 aliphatic rings. The van der Waals surface area contributed by atoms with Crippen molar-refractivity contribution in [3.05, 3.63) is 0 Å². The molecule has 0 aromatic heterocycles. The fraction of sp³-hybridized carbons (Fsp3) is 0.833. The van der Waals surface area contributed by atoms with Crippen LogP contribution in [0.2, 0.25) is 0 Å². The van der Waals surface area contributed by atoms with E-state index in [9.17, 15) is 9.59 Å². The Kier molecular flexibility index (Phi) is 19.4. The van der Waals surface area contributed by atoms with Crippen LogP contribution in [0.1, 0.15) is 90.9 Å². The third-order valence-corrected chi connectivity index (χ3v) is 3.69.